The average Bonchev–Trinajstić information content (AvgIpc) is 3.33. The number of methoxy groups -OCH3 is 1. The van der Waals surface area contributed by atoms with Gasteiger partial charge in [0, 0.05) is 50.3 Å². The number of nitrogens with zero attached hydrogens (tertiary/aromatic N) is 4. The van der Waals surface area contributed by atoms with E-state index in [9.17, 15) is 14.0 Å². The van der Waals surface area contributed by atoms with E-state index in [1.54, 1.807) is 30.3 Å². The van der Waals surface area contributed by atoms with Crippen LogP contribution in [0, 0.1) is 5.82 Å². The van der Waals surface area contributed by atoms with E-state index in [4.69, 9.17) is 21.1 Å². The molecule has 2 amide bonds. The van der Waals surface area contributed by atoms with Crippen molar-refractivity contribution in [2.24, 2.45) is 5.10 Å². The molecule has 8 nitrogen and oxygen atoms in total. The van der Waals surface area contributed by atoms with E-state index in [-0.39, 0.29) is 25.0 Å². The van der Waals surface area contributed by atoms with Crippen LogP contribution in [-0.4, -0.2) is 92.0 Å². The van der Waals surface area contributed by atoms with Crippen molar-refractivity contribution in [3.63, 3.8) is 0 Å². The minimum absolute atomic E-state index is 0.124. The zero-order valence-electron chi connectivity index (χ0n) is 20.2. The summed E-state index contributed by atoms with van der Waals surface area (Å²) in [6, 6.07) is 13.1. The van der Waals surface area contributed by atoms with Crippen molar-refractivity contribution in [1.29, 1.82) is 0 Å². The van der Waals surface area contributed by atoms with Gasteiger partial charge in [-0.2, -0.15) is 5.10 Å². The number of hydrogen-bond donors (Lipinski definition) is 0. The summed E-state index contributed by atoms with van der Waals surface area (Å²) in [6.45, 7) is 3.56. The second kappa shape index (κ2) is 12.4. The van der Waals surface area contributed by atoms with Gasteiger partial charge in [-0.3, -0.25) is 14.5 Å². The van der Waals surface area contributed by atoms with Crippen molar-refractivity contribution in [2.75, 3.05) is 59.7 Å². The number of halogens is 2. The van der Waals surface area contributed by atoms with Gasteiger partial charge in [-0.25, -0.2) is 9.40 Å². The Morgan fingerprint density at radius 2 is 1.89 bits per heavy atom. The van der Waals surface area contributed by atoms with Crippen LogP contribution in [-0.2, 0) is 19.1 Å². The number of amides is 2. The van der Waals surface area contributed by atoms with Gasteiger partial charge in [0.05, 0.1) is 25.0 Å². The Balaban J connectivity index is 1.55. The maximum absolute atomic E-state index is 14.5. The molecular formula is C26H30ClFN4O4. The van der Waals surface area contributed by atoms with Gasteiger partial charge in [0.25, 0.3) is 5.91 Å². The summed E-state index contributed by atoms with van der Waals surface area (Å²) in [5.74, 6) is -1.03. The number of morpholine rings is 1. The predicted octanol–water partition coefficient (Wildman–Crippen LogP) is 2.96. The molecule has 2 aliphatic heterocycles. The molecule has 2 aliphatic rings. The van der Waals surface area contributed by atoms with Gasteiger partial charge in [-0.15, -0.1) is 0 Å². The molecule has 0 aliphatic carbocycles. The summed E-state index contributed by atoms with van der Waals surface area (Å²) >= 11 is 6.07. The van der Waals surface area contributed by atoms with E-state index >= 15 is 0 Å². The lowest BCUT2D eigenvalue weighted by Gasteiger charge is -2.31. The van der Waals surface area contributed by atoms with Crippen LogP contribution in [0.2, 0.25) is 5.02 Å². The van der Waals surface area contributed by atoms with Gasteiger partial charge in [-0.1, -0.05) is 41.9 Å². The van der Waals surface area contributed by atoms with Crippen molar-refractivity contribution in [3.05, 3.63) is 70.5 Å². The third kappa shape index (κ3) is 6.47. The Morgan fingerprint density at radius 3 is 2.58 bits per heavy atom. The minimum Gasteiger partial charge on any atom is -0.379 e. The van der Waals surface area contributed by atoms with Gasteiger partial charge >= 0.3 is 0 Å². The summed E-state index contributed by atoms with van der Waals surface area (Å²) in [4.78, 5) is 30.0. The second-order valence-corrected chi connectivity index (χ2v) is 9.18. The lowest BCUT2D eigenvalue weighted by Crippen LogP contribution is -2.47. The van der Waals surface area contributed by atoms with Gasteiger partial charge < -0.3 is 14.4 Å². The molecule has 10 heteroatoms. The molecule has 1 unspecified atom stereocenters. The number of ether oxygens (including phenoxy) is 2. The van der Waals surface area contributed by atoms with Crippen LogP contribution in [0.1, 0.15) is 23.6 Å². The van der Waals surface area contributed by atoms with Crippen LogP contribution in [0.25, 0.3) is 0 Å². The normalized spacial score (nSPS) is 18.2. The first-order valence-corrected chi connectivity index (χ1v) is 12.3. The van der Waals surface area contributed by atoms with Gasteiger partial charge in [0.1, 0.15) is 19.0 Å². The lowest BCUT2D eigenvalue weighted by atomic mass is 9.98. The van der Waals surface area contributed by atoms with Crippen molar-refractivity contribution >= 4 is 29.1 Å². The van der Waals surface area contributed by atoms with E-state index < -0.39 is 11.9 Å². The largest absolute Gasteiger partial charge is 0.379 e. The van der Waals surface area contributed by atoms with Crippen LogP contribution in [0.4, 0.5) is 4.39 Å². The molecule has 0 bridgehead atoms. The van der Waals surface area contributed by atoms with Crippen molar-refractivity contribution in [1.82, 2.24) is 14.8 Å². The van der Waals surface area contributed by atoms with E-state index in [0.717, 1.165) is 18.7 Å². The van der Waals surface area contributed by atoms with Crippen LogP contribution < -0.4 is 0 Å². The summed E-state index contributed by atoms with van der Waals surface area (Å²) in [6.07, 6.45) is 0.341. The first-order valence-electron chi connectivity index (χ1n) is 11.9. The van der Waals surface area contributed by atoms with E-state index in [2.05, 4.69) is 10.0 Å². The Bertz CT molecular complexity index is 1090. The average molecular weight is 517 g/mol. The van der Waals surface area contributed by atoms with Crippen molar-refractivity contribution in [3.8, 4) is 0 Å². The Hall–Kier alpha value is -2.85. The summed E-state index contributed by atoms with van der Waals surface area (Å²) in [5, 5.41) is 6.48. The first kappa shape index (κ1) is 26.2. The number of hydrazone groups is 1. The molecule has 0 radical (unpaired) electrons. The number of carbonyl (C=O) groups excluding carboxylic acids is 2. The SMILES string of the molecule is COCC(=O)N(CCN1CCOCC1)CC(=O)N1N=C(c2ccccc2F)CC1c1ccc(Cl)cc1. The molecular weight excluding hydrogens is 487 g/mol. The first-order chi connectivity index (χ1) is 17.5. The summed E-state index contributed by atoms with van der Waals surface area (Å²) in [7, 11) is 1.45. The van der Waals surface area contributed by atoms with Crippen LogP contribution in [0.5, 0.6) is 0 Å². The van der Waals surface area contributed by atoms with E-state index in [0.29, 0.717) is 49.0 Å². The van der Waals surface area contributed by atoms with Gasteiger partial charge in [0.2, 0.25) is 5.91 Å². The Kier molecular flexibility index (Phi) is 9.03. The highest BCUT2D eigenvalue weighted by Gasteiger charge is 2.35. The number of rotatable bonds is 9. The molecule has 36 heavy (non-hydrogen) atoms. The molecule has 0 spiro atoms. The third-order valence-electron chi connectivity index (χ3n) is 6.34. The van der Waals surface area contributed by atoms with Crippen molar-refractivity contribution in [2.45, 2.75) is 12.5 Å². The fourth-order valence-electron chi connectivity index (χ4n) is 4.37. The Morgan fingerprint density at radius 1 is 1.17 bits per heavy atom. The van der Waals surface area contributed by atoms with Crippen LogP contribution >= 0.6 is 11.6 Å². The molecule has 2 heterocycles. The molecule has 1 fully saturated rings. The van der Waals surface area contributed by atoms with Crippen LogP contribution in [0.3, 0.4) is 0 Å². The molecule has 1 saturated heterocycles. The van der Waals surface area contributed by atoms with E-state index in [1.165, 1.54) is 23.1 Å². The number of benzene rings is 2. The zero-order chi connectivity index (χ0) is 25.5. The maximum atomic E-state index is 14.5. The molecule has 0 aromatic heterocycles. The quantitative estimate of drug-likeness (QED) is 0.512. The topological polar surface area (TPSA) is 74.7 Å². The monoisotopic (exact) mass is 516 g/mol. The third-order valence-corrected chi connectivity index (χ3v) is 6.59. The van der Waals surface area contributed by atoms with E-state index in [1.807, 2.05) is 12.1 Å². The summed E-state index contributed by atoms with van der Waals surface area (Å²) < 4.78 is 25.0. The molecule has 4 rings (SSSR count). The van der Waals surface area contributed by atoms with Crippen molar-refractivity contribution < 1.29 is 23.5 Å². The maximum Gasteiger partial charge on any atom is 0.262 e. The fraction of sp³-hybridized carbons (Fsp3) is 0.423. The molecule has 0 N–H and O–H groups in total. The van der Waals surface area contributed by atoms with Crippen LogP contribution in [0.15, 0.2) is 53.6 Å². The molecule has 192 valence electrons. The second-order valence-electron chi connectivity index (χ2n) is 8.74. The molecule has 2 aromatic carbocycles. The number of carbonyl (C=O) groups is 2. The highest BCUT2D eigenvalue weighted by atomic mass is 35.5. The Labute approximate surface area is 215 Å². The molecule has 0 saturated carbocycles. The fourth-order valence-corrected chi connectivity index (χ4v) is 4.50. The minimum atomic E-state index is -0.442. The standard InChI is InChI=1S/C26H30ClFN4O4/c1-35-18-26(34)31(11-10-30-12-14-36-15-13-30)17-25(33)32-24(19-6-8-20(27)9-7-19)16-23(29-32)21-4-2-3-5-22(21)28/h2-9,24H,10-18H2,1H3. The summed E-state index contributed by atoms with van der Waals surface area (Å²) in [5.41, 5.74) is 1.65. The number of hydrogen-bond acceptors (Lipinski definition) is 6. The lowest BCUT2D eigenvalue weighted by molar-refractivity contribution is -0.143. The van der Waals surface area contributed by atoms with Gasteiger partial charge in [0.15, 0.2) is 0 Å². The van der Waals surface area contributed by atoms with Gasteiger partial charge in [-0.05, 0) is 23.8 Å². The zero-order valence-corrected chi connectivity index (χ0v) is 21.0. The smallest absolute Gasteiger partial charge is 0.262 e. The highest BCUT2D eigenvalue weighted by Crippen LogP contribution is 2.34. The molecule has 1 atom stereocenters. The molecule has 2 aromatic rings. The predicted molar refractivity (Wildman–Crippen MR) is 134 cm³/mol. The highest BCUT2D eigenvalue weighted by molar-refractivity contribution is 6.30.